The van der Waals surface area contributed by atoms with Gasteiger partial charge in [-0.1, -0.05) is 42.4 Å². The topological polar surface area (TPSA) is 67.9 Å². The van der Waals surface area contributed by atoms with Crippen molar-refractivity contribution in [2.75, 3.05) is 13.1 Å². The number of aromatic nitrogens is 4. The normalized spacial score (nSPS) is 15.1. The van der Waals surface area contributed by atoms with E-state index < -0.39 is 0 Å². The maximum absolute atomic E-state index is 5.54. The third-order valence-corrected chi connectivity index (χ3v) is 6.55. The standard InChI is InChI=1S/C22H24N6OS/c1-3-10-27-11-9-17-18(12-27)30-22-20(17)21-24-19(25-28(21)14-23-22)13-29-26-15(2)16-7-5-4-6-8-16/h4-8,14H,3,9-13H2,1-2H3. The highest BCUT2D eigenvalue weighted by Gasteiger charge is 2.23. The van der Waals surface area contributed by atoms with Gasteiger partial charge >= 0.3 is 0 Å². The lowest BCUT2D eigenvalue weighted by Crippen LogP contribution is -2.30. The van der Waals surface area contributed by atoms with Gasteiger partial charge in [0.2, 0.25) is 0 Å². The Hall–Kier alpha value is -2.84. The Morgan fingerprint density at radius 3 is 2.97 bits per heavy atom. The summed E-state index contributed by atoms with van der Waals surface area (Å²) in [5.74, 6) is 0.609. The van der Waals surface area contributed by atoms with Gasteiger partial charge in [0.15, 0.2) is 18.1 Å². The van der Waals surface area contributed by atoms with Crippen LogP contribution in [0.3, 0.4) is 0 Å². The van der Waals surface area contributed by atoms with Crippen LogP contribution in [0.25, 0.3) is 15.9 Å². The number of benzene rings is 1. The zero-order valence-electron chi connectivity index (χ0n) is 17.2. The molecule has 154 valence electrons. The number of oxime groups is 1. The van der Waals surface area contributed by atoms with E-state index in [2.05, 4.69) is 27.1 Å². The molecule has 5 rings (SSSR count). The zero-order chi connectivity index (χ0) is 20.5. The molecule has 7 nitrogen and oxygen atoms in total. The van der Waals surface area contributed by atoms with Crippen molar-refractivity contribution < 1.29 is 4.84 Å². The Labute approximate surface area is 179 Å². The van der Waals surface area contributed by atoms with E-state index in [1.54, 1.807) is 22.2 Å². The molecule has 3 aromatic heterocycles. The molecule has 1 aliphatic rings. The molecule has 0 unspecified atom stereocenters. The van der Waals surface area contributed by atoms with Crippen LogP contribution < -0.4 is 0 Å². The van der Waals surface area contributed by atoms with E-state index in [-0.39, 0.29) is 6.61 Å². The number of nitrogens with zero attached hydrogens (tertiary/aromatic N) is 6. The third kappa shape index (κ3) is 3.57. The Kier molecular flexibility index (Phi) is 5.18. The lowest BCUT2D eigenvalue weighted by atomic mass is 10.1. The average Bonchev–Trinajstić information content (AvgIpc) is 3.34. The number of hydrogen-bond acceptors (Lipinski definition) is 7. The fourth-order valence-electron chi connectivity index (χ4n) is 3.98. The number of hydrogen-bond donors (Lipinski definition) is 0. The van der Waals surface area contributed by atoms with Gasteiger partial charge < -0.3 is 4.84 Å². The van der Waals surface area contributed by atoms with E-state index in [0.717, 1.165) is 53.2 Å². The molecule has 30 heavy (non-hydrogen) atoms. The zero-order valence-corrected chi connectivity index (χ0v) is 18.0. The van der Waals surface area contributed by atoms with Gasteiger partial charge in [-0.3, -0.25) is 4.90 Å². The second-order valence-electron chi connectivity index (χ2n) is 7.57. The van der Waals surface area contributed by atoms with Crippen molar-refractivity contribution in [2.24, 2.45) is 5.16 Å². The van der Waals surface area contributed by atoms with Crippen LogP contribution in [0.2, 0.25) is 0 Å². The summed E-state index contributed by atoms with van der Waals surface area (Å²) in [6.07, 6.45) is 3.97. The van der Waals surface area contributed by atoms with Gasteiger partial charge in [-0.15, -0.1) is 16.4 Å². The highest BCUT2D eigenvalue weighted by Crippen LogP contribution is 2.35. The first kappa shape index (κ1) is 19.1. The monoisotopic (exact) mass is 420 g/mol. The molecule has 8 heteroatoms. The molecular weight excluding hydrogens is 396 g/mol. The average molecular weight is 421 g/mol. The maximum atomic E-state index is 5.54. The van der Waals surface area contributed by atoms with Gasteiger partial charge in [-0.05, 0) is 37.4 Å². The Morgan fingerprint density at radius 2 is 2.13 bits per heavy atom. The number of thiophene rings is 1. The molecule has 0 bridgehead atoms. The highest BCUT2D eigenvalue weighted by atomic mass is 32.1. The van der Waals surface area contributed by atoms with Crippen LogP contribution >= 0.6 is 11.3 Å². The lowest BCUT2D eigenvalue weighted by Gasteiger charge is -2.26. The van der Waals surface area contributed by atoms with Crippen molar-refractivity contribution in [3.63, 3.8) is 0 Å². The van der Waals surface area contributed by atoms with Crippen LogP contribution in [0.15, 0.2) is 41.8 Å². The summed E-state index contributed by atoms with van der Waals surface area (Å²) in [6.45, 7) is 7.63. The molecule has 0 fully saturated rings. The minimum atomic E-state index is 0.226. The fraction of sp³-hybridized carbons (Fsp3) is 0.364. The Bertz CT molecular complexity index is 1210. The van der Waals surface area contributed by atoms with Crippen molar-refractivity contribution >= 4 is 32.9 Å². The van der Waals surface area contributed by atoms with Gasteiger partial charge in [0.05, 0.1) is 11.1 Å². The molecule has 0 saturated heterocycles. The second-order valence-corrected chi connectivity index (χ2v) is 8.65. The van der Waals surface area contributed by atoms with Crippen molar-refractivity contribution in [1.82, 2.24) is 24.5 Å². The van der Waals surface area contributed by atoms with E-state index in [0.29, 0.717) is 5.82 Å². The highest BCUT2D eigenvalue weighted by molar-refractivity contribution is 7.19. The Balaban J connectivity index is 1.40. The summed E-state index contributed by atoms with van der Waals surface area (Å²) in [4.78, 5) is 19.9. The molecule has 0 radical (unpaired) electrons. The molecule has 0 atom stereocenters. The van der Waals surface area contributed by atoms with E-state index in [4.69, 9.17) is 9.82 Å². The van der Waals surface area contributed by atoms with Gasteiger partial charge in [0.25, 0.3) is 0 Å². The lowest BCUT2D eigenvalue weighted by molar-refractivity contribution is 0.125. The van der Waals surface area contributed by atoms with Crippen molar-refractivity contribution in [3.05, 3.63) is 58.5 Å². The van der Waals surface area contributed by atoms with Crippen LogP contribution in [0.5, 0.6) is 0 Å². The molecular formula is C22H24N6OS. The summed E-state index contributed by atoms with van der Waals surface area (Å²) in [5, 5.41) is 9.91. The molecule has 0 N–H and O–H groups in total. The maximum Gasteiger partial charge on any atom is 0.192 e. The predicted octanol–water partition coefficient (Wildman–Crippen LogP) is 4.05. The third-order valence-electron chi connectivity index (χ3n) is 5.43. The van der Waals surface area contributed by atoms with Crippen LogP contribution in [-0.4, -0.2) is 43.3 Å². The van der Waals surface area contributed by atoms with Crippen molar-refractivity contribution in [3.8, 4) is 0 Å². The minimum absolute atomic E-state index is 0.226. The second kappa shape index (κ2) is 8.12. The summed E-state index contributed by atoms with van der Waals surface area (Å²) in [7, 11) is 0. The molecule has 4 aromatic rings. The van der Waals surface area contributed by atoms with E-state index in [1.807, 2.05) is 37.3 Å². The minimum Gasteiger partial charge on any atom is -0.387 e. The molecule has 1 aliphatic heterocycles. The molecule has 0 saturated carbocycles. The van der Waals surface area contributed by atoms with Gasteiger partial charge in [-0.2, -0.15) is 0 Å². The van der Waals surface area contributed by atoms with E-state index >= 15 is 0 Å². The summed E-state index contributed by atoms with van der Waals surface area (Å²) >= 11 is 1.79. The fourth-order valence-corrected chi connectivity index (χ4v) is 5.20. The van der Waals surface area contributed by atoms with Crippen LogP contribution in [0, 0.1) is 0 Å². The van der Waals surface area contributed by atoms with Crippen LogP contribution in [0.4, 0.5) is 0 Å². The van der Waals surface area contributed by atoms with Gasteiger partial charge in [0.1, 0.15) is 11.2 Å². The van der Waals surface area contributed by atoms with Crippen molar-refractivity contribution in [1.29, 1.82) is 0 Å². The van der Waals surface area contributed by atoms with Crippen LogP contribution in [0.1, 0.15) is 42.1 Å². The smallest absolute Gasteiger partial charge is 0.192 e. The first-order chi connectivity index (χ1) is 14.7. The summed E-state index contributed by atoms with van der Waals surface area (Å²) in [5.41, 5.74) is 4.11. The molecule has 4 heterocycles. The molecule has 1 aromatic carbocycles. The van der Waals surface area contributed by atoms with E-state index in [9.17, 15) is 0 Å². The van der Waals surface area contributed by atoms with Gasteiger partial charge in [-0.25, -0.2) is 14.5 Å². The summed E-state index contributed by atoms with van der Waals surface area (Å²) < 4.78 is 1.76. The van der Waals surface area contributed by atoms with E-state index in [1.165, 1.54) is 16.9 Å². The number of fused-ring (bicyclic) bond motifs is 5. The SMILES string of the molecule is CCCN1CCc2c(sc3ncn4nc(CON=C(C)c5ccccc5)nc4c23)C1. The summed E-state index contributed by atoms with van der Waals surface area (Å²) in [6, 6.07) is 9.97. The molecule has 0 aliphatic carbocycles. The largest absolute Gasteiger partial charge is 0.387 e. The number of rotatable bonds is 6. The predicted molar refractivity (Wildman–Crippen MR) is 119 cm³/mol. The van der Waals surface area contributed by atoms with Gasteiger partial charge in [0, 0.05) is 18.0 Å². The first-order valence-corrected chi connectivity index (χ1v) is 11.1. The quantitative estimate of drug-likeness (QED) is 0.348. The van der Waals surface area contributed by atoms with Crippen molar-refractivity contribution in [2.45, 2.75) is 39.8 Å². The molecule has 0 amide bonds. The Morgan fingerprint density at radius 1 is 1.27 bits per heavy atom. The molecule has 0 spiro atoms. The first-order valence-electron chi connectivity index (χ1n) is 10.3. The van der Waals surface area contributed by atoms with Crippen LogP contribution in [-0.2, 0) is 24.4 Å².